The molecule has 0 fully saturated rings. The number of aryl methyl sites for hydroxylation is 4. The quantitative estimate of drug-likeness (QED) is 0.629. The van der Waals surface area contributed by atoms with Gasteiger partial charge in [-0.25, -0.2) is 4.99 Å². The highest BCUT2D eigenvalue weighted by Crippen LogP contribution is 2.28. The van der Waals surface area contributed by atoms with Gasteiger partial charge < -0.3 is 4.74 Å². The third kappa shape index (κ3) is 3.40. The molecule has 1 heterocycles. The third-order valence-corrected chi connectivity index (χ3v) is 5.65. The van der Waals surface area contributed by atoms with Crippen molar-refractivity contribution in [1.82, 2.24) is 0 Å². The van der Waals surface area contributed by atoms with Gasteiger partial charge in [-0.3, -0.25) is 0 Å². The molecular formula is C25H23NO. The van der Waals surface area contributed by atoms with E-state index in [-0.39, 0.29) is 6.04 Å². The Hall–Kier alpha value is -2.87. The number of hydrogen-bond acceptors (Lipinski definition) is 2. The van der Waals surface area contributed by atoms with Crippen LogP contribution in [-0.4, -0.2) is 12.5 Å². The van der Waals surface area contributed by atoms with Gasteiger partial charge in [0.1, 0.15) is 12.6 Å². The van der Waals surface area contributed by atoms with Crippen molar-refractivity contribution in [2.24, 2.45) is 4.99 Å². The first-order valence-electron chi connectivity index (χ1n) is 9.81. The van der Waals surface area contributed by atoms with Crippen molar-refractivity contribution in [3.05, 3.63) is 106 Å². The summed E-state index contributed by atoms with van der Waals surface area (Å²) in [4.78, 5) is 4.94. The normalized spacial score (nSPS) is 18.5. The molecule has 3 aromatic rings. The Kier molecular flexibility index (Phi) is 4.25. The maximum Gasteiger partial charge on any atom is 0.217 e. The zero-order valence-corrected chi connectivity index (χ0v) is 15.4. The number of benzene rings is 3. The Bertz CT molecular complexity index is 973. The van der Waals surface area contributed by atoms with Crippen LogP contribution in [0.4, 0.5) is 0 Å². The second kappa shape index (κ2) is 7.03. The van der Waals surface area contributed by atoms with Crippen molar-refractivity contribution in [2.45, 2.75) is 31.7 Å². The lowest BCUT2D eigenvalue weighted by Gasteiger charge is -2.14. The largest absolute Gasteiger partial charge is 0.475 e. The monoisotopic (exact) mass is 353 g/mol. The Morgan fingerprint density at radius 1 is 0.704 bits per heavy atom. The molecule has 0 amide bonds. The number of aliphatic imine (C=N–C) groups is 1. The number of ether oxygens (including phenoxy) is 1. The second-order valence-electron chi connectivity index (χ2n) is 7.48. The van der Waals surface area contributed by atoms with Crippen LogP contribution in [0, 0.1) is 0 Å². The van der Waals surface area contributed by atoms with E-state index >= 15 is 0 Å². The van der Waals surface area contributed by atoms with Crippen molar-refractivity contribution >= 4 is 5.90 Å². The van der Waals surface area contributed by atoms with Gasteiger partial charge in [0.15, 0.2) is 0 Å². The molecule has 0 saturated carbocycles. The molecule has 1 unspecified atom stereocenters. The van der Waals surface area contributed by atoms with Crippen molar-refractivity contribution in [1.29, 1.82) is 0 Å². The SMILES string of the molecule is c1ccc(C2COC(c3cc4ccc3CCc3ccc(cc3)CC4)=N2)cc1. The minimum Gasteiger partial charge on any atom is -0.475 e. The maximum atomic E-state index is 6.07. The molecule has 8 rings (SSSR count). The lowest BCUT2D eigenvalue weighted by molar-refractivity contribution is 0.319. The average Bonchev–Trinajstić information content (AvgIpc) is 3.21. The molecule has 2 nitrogen and oxygen atoms in total. The topological polar surface area (TPSA) is 21.6 Å². The van der Waals surface area contributed by atoms with E-state index in [1.165, 1.54) is 33.4 Å². The molecule has 0 N–H and O–H groups in total. The van der Waals surface area contributed by atoms with Crippen LogP contribution in [0.2, 0.25) is 0 Å². The first-order valence-corrected chi connectivity index (χ1v) is 9.81. The molecule has 27 heavy (non-hydrogen) atoms. The van der Waals surface area contributed by atoms with E-state index in [0.717, 1.165) is 31.6 Å². The lowest BCUT2D eigenvalue weighted by atomic mass is 9.93. The average molecular weight is 353 g/mol. The summed E-state index contributed by atoms with van der Waals surface area (Å²) in [5, 5.41) is 0. The predicted octanol–water partition coefficient (Wildman–Crippen LogP) is 5.09. The molecule has 4 aliphatic carbocycles. The number of hydrogen-bond donors (Lipinski definition) is 0. The Labute approximate surface area is 160 Å². The first-order chi connectivity index (χ1) is 13.3. The highest BCUT2D eigenvalue weighted by molar-refractivity contribution is 5.97. The van der Waals surface area contributed by atoms with E-state index in [9.17, 15) is 0 Å². The van der Waals surface area contributed by atoms with Crippen molar-refractivity contribution < 1.29 is 4.74 Å². The highest BCUT2D eigenvalue weighted by Gasteiger charge is 2.23. The molecular weight excluding hydrogens is 330 g/mol. The maximum absolute atomic E-state index is 6.07. The van der Waals surface area contributed by atoms with E-state index < -0.39 is 0 Å². The lowest BCUT2D eigenvalue weighted by Crippen LogP contribution is -2.08. The molecule has 0 spiro atoms. The third-order valence-electron chi connectivity index (χ3n) is 5.65. The van der Waals surface area contributed by atoms with E-state index in [2.05, 4.69) is 66.7 Å². The minimum atomic E-state index is 0.100. The van der Waals surface area contributed by atoms with Gasteiger partial charge in [0, 0.05) is 5.56 Å². The molecule has 3 aromatic carbocycles. The Morgan fingerprint density at radius 2 is 1.37 bits per heavy atom. The summed E-state index contributed by atoms with van der Waals surface area (Å²) < 4.78 is 6.07. The molecule has 0 aromatic heterocycles. The fourth-order valence-electron chi connectivity index (χ4n) is 4.00. The number of nitrogens with zero attached hydrogens (tertiary/aromatic N) is 1. The Balaban J connectivity index is 1.49. The fourth-order valence-corrected chi connectivity index (χ4v) is 4.00. The van der Waals surface area contributed by atoms with Gasteiger partial charge in [-0.1, -0.05) is 66.7 Å². The van der Waals surface area contributed by atoms with Crippen molar-refractivity contribution in [3.8, 4) is 0 Å². The standard InChI is InChI=1S/C25H23NO/c1-2-4-22(5-3-1)24-17-27-25(26-24)23-16-20-11-10-18-6-8-19(9-7-18)12-14-21(23)15-13-20/h1-9,13,15-16,24H,10-12,14,17H2. The molecule has 4 bridgehead atoms. The highest BCUT2D eigenvalue weighted by atomic mass is 16.5. The van der Waals surface area contributed by atoms with Gasteiger partial charge in [-0.05, 0) is 59.6 Å². The molecule has 1 aliphatic heterocycles. The van der Waals surface area contributed by atoms with E-state index in [0.29, 0.717) is 6.61 Å². The van der Waals surface area contributed by atoms with Crippen LogP contribution in [0.5, 0.6) is 0 Å². The van der Waals surface area contributed by atoms with Crippen LogP contribution < -0.4 is 0 Å². The van der Waals surface area contributed by atoms with Gasteiger partial charge in [0.25, 0.3) is 0 Å². The van der Waals surface area contributed by atoms with Gasteiger partial charge in [0.05, 0.1) is 0 Å². The summed E-state index contributed by atoms with van der Waals surface area (Å²) in [5.74, 6) is 0.812. The summed E-state index contributed by atoms with van der Waals surface area (Å²) in [6.07, 6.45) is 4.16. The van der Waals surface area contributed by atoms with Crippen LogP contribution in [0.15, 0.2) is 77.8 Å². The summed E-state index contributed by atoms with van der Waals surface area (Å²) in [7, 11) is 0. The summed E-state index contributed by atoms with van der Waals surface area (Å²) >= 11 is 0. The van der Waals surface area contributed by atoms with Crippen molar-refractivity contribution in [3.63, 3.8) is 0 Å². The summed E-state index contributed by atoms with van der Waals surface area (Å²) in [5.41, 5.74) is 7.89. The van der Waals surface area contributed by atoms with Crippen molar-refractivity contribution in [2.75, 3.05) is 6.61 Å². The van der Waals surface area contributed by atoms with E-state index in [4.69, 9.17) is 9.73 Å². The zero-order chi connectivity index (χ0) is 18.1. The number of rotatable bonds is 2. The molecule has 134 valence electrons. The predicted molar refractivity (Wildman–Crippen MR) is 109 cm³/mol. The van der Waals surface area contributed by atoms with Gasteiger partial charge in [-0.15, -0.1) is 0 Å². The van der Waals surface area contributed by atoms with Gasteiger partial charge in [0.2, 0.25) is 5.90 Å². The van der Waals surface area contributed by atoms with E-state index in [1.807, 2.05) is 6.07 Å². The van der Waals surface area contributed by atoms with Crippen LogP contribution in [0.3, 0.4) is 0 Å². The smallest absolute Gasteiger partial charge is 0.217 e. The van der Waals surface area contributed by atoms with Gasteiger partial charge in [-0.2, -0.15) is 0 Å². The summed E-state index contributed by atoms with van der Waals surface area (Å²) in [6, 6.07) is 26.5. The molecule has 1 atom stereocenters. The van der Waals surface area contributed by atoms with Gasteiger partial charge >= 0.3 is 0 Å². The molecule has 2 heteroatoms. The van der Waals surface area contributed by atoms with Crippen LogP contribution >= 0.6 is 0 Å². The minimum absolute atomic E-state index is 0.100. The fraction of sp³-hybridized carbons (Fsp3) is 0.240. The van der Waals surface area contributed by atoms with Crippen LogP contribution in [0.25, 0.3) is 0 Å². The Morgan fingerprint density at radius 3 is 2.15 bits per heavy atom. The molecule has 0 saturated heterocycles. The first kappa shape index (κ1) is 16.3. The van der Waals surface area contributed by atoms with E-state index in [1.54, 1.807) is 0 Å². The molecule has 5 aliphatic rings. The summed E-state index contributed by atoms with van der Waals surface area (Å²) in [6.45, 7) is 0.629. The van der Waals surface area contributed by atoms with Crippen LogP contribution in [-0.2, 0) is 30.4 Å². The van der Waals surface area contributed by atoms with Crippen LogP contribution in [0.1, 0.15) is 39.4 Å². The molecule has 0 radical (unpaired) electrons. The second-order valence-corrected chi connectivity index (χ2v) is 7.48. The zero-order valence-electron chi connectivity index (χ0n) is 15.4.